The number of imide groups is 1. The molecule has 4 atom stereocenters. The second-order valence-corrected chi connectivity index (χ2v) is 9.11. The fraction of sp³-hybridized carbons (Fsp3) is 0.464. The number of rotatable bonds is 10. The molecule has 0 unspecified atom stereocenters. The van der Waals surface area contributed by atoms with Crippen molar-refractivity contribution in [3.8, 4) is 17.2 Å². The molecule has 4 rings (SSSR count). The van der Waals surface area contributed by atoms with Crippen molar-refractivity contribution in [3.63, 3.8) is 0 Å². The molecule has 2 aromatic rings. The highest BCUT2D eigenvalue weighted by Crippen LogP contribution is 2.53. The summed E-state index contributed by atoms with van der Waals surface area (Å²) in [7, 11) is 3.09. The average molecular weight is 511 g/mol. The summed E-state index contributed by atoms with van der Waals surface area (Å²) in [6.07, 6.45) is 0.935. The van der Waals surface area contributed by atoms with Crippen molar-refractivity contribution in [2.75, 3.05) is 32.3 Å². The third-order valence-electron chi connectivity index (χ3n) is 7.12. The van der Waals surface area contributed by atoms with Crippen LogP contribution in [0.25, 0.3) is 0 Å². The van der Waals surface area contributed by atoms with Crippen molar-refractivity contribution in [2.45, 2.75) is 45.2 Å². The van der Waals surface area contributed by atoms with E-state index in [1.54, 1.807) is 56.5 Å². The van der Waals surface area contributed by atoms with Crippen LogP contribution in [-0.4, -0.2) is 50.8 Å². The van der Waals surface area contributed by atoms with Crippen LogP contribution in [0.5, 0.6) is 17.2 Å². The van der Waals surface area contributed by atoms with Crippen molar-refractivity contribution < 1.29 is 33.3 Å². The van der Waals surface area contributed by atoms with Gasteiger partial charge in [0, 0.05) is 17.7 Å². The van der Waals surface area contributed by atoms with E-state index in [1.165, 1.54) is 12.0 Å². The van der Waals surface area contributed by atoms with Gasteiger partial charge in [0.05, 0.1) is 45.0 Å². The van der Waals surface area contributed by atoms with Gasteiger partial charge in [0.1, 0.15) is 22.8 Å². The predicted octanol–water partition coefficient (Wildman–Crippen LogP) is 3.65. The summed E-state index contributed by atoms with van der Waals surface area (Å²) in [5.74, 6) is -1.40. The number of nitrogens with one attached hydrogen (secondary N) is 1. The van der Waals surface area contributed by atoms with E-state index in [4.69, 9.17) is 18.9 Å². The smallest absolute Gasteiger partial charge is 0.327 e. The topological polar surface area (TPSA) is 103 Å². The van der Waals surface area contributed by atoms with E-state index < -0.39 is 35.3 Å². The molecule has 2 heterocycles. The maximum absolute atomic E-state index is 14.0. The number of carbonyl (C=O) groups excluding carboxylic acids is 3. The molecule has 2 aromatic carbocycles. The van der Waals surface area contributed by atoms with Gasteiger partial charge < -0.3 is 18.9 Å². The van der Waals surface area contributed by atoms with Gasteiger partial charge in [-0.2, -0.15) is 0 Å². The number of esters is 1. The molecule has 0 radical (unpaired) electrons. The molecule has 0 spiro atoms. The number of benzene rings is 2. The van der Waals surface area contributed by atoms with Gasteiger partial charge in [0.2, 0.25) is 11.8 Å². The van der Waals surface area contributed by atoms with E-state index in [2.05, 4.69) is 5.32 Å². The van der Waals surface area contributed by atoms with Crippen molar-refractivity contribution in [1.29, 1.82) is 0 Å². The van der Waals surface area contributed by atoms with E-state index in [9.17, 15) is 14.4 Å². The van der Waals surface area contributed by atoms with Crippen LogP contribution in [0.2, 0.25) is 0 Å². The van der Waals surface area contributed by atoms with Crippen molar-refractivity contribution in [2.24, 2.45) is 11.8 Å². The van der Waals surface area contributed by atoms with Crippen molar-refractivity contribution >= 4 is 23.5 Å². The molecule has 2 saturated heterocycles. The number of methoxy groups -OCH3 is 2. The zero-order valence-corrected chi connectivity index (χ0v) is 21.9. The molecule has 2 aliphatic rings. The molecule has 0 aromatic heterocycles. The molecule has 198 valence electrons. The van der Waals surface area contributed by atoms with E-state index >= 15 is 0 Å². The lowest BCUT2D eigenvalue weighted by atomic mass is 9.77. The number of ether oxygens (including phenoxy) is 4. The summed E-state index contributed by atoms with van der Waals surface area (Å²) in [5, 5.41) is 3.40. The molecule has 0 bridgehead atoms. The normalized spacial score (nSPS) is 24.7. The Morgan fingerprint density at radius 1 is 0.946 bits per heavy atom. The van der Waals surface area contributed by atoms with Gasteiger partial charge >= 0.3 is 5.97 Å². The highest BCUT2D eigenvalue weighted by molar-refractivity contribution is 6.24. The number of anilines is 1. The predicted molar refractivity (Wildman–Crippen MR) is 137 cm³/mol. The lowest BCUT2D eigenvalue weighted by molar-refractivity contribution is -0.155. The van der Waals surface area contributed by atoms with Gasteiger partial charge in [0.25, 0.3) is 0 Å². The molecule has 2 aliphatic heterocycles. The number of fused-ring (bicyclic) bond motifs is 1. The fourth-order valence-electron chi connectivity index (χ4n) is 5.63. The van der Waals surface area contributed by atoms with Crippen LogP contribution >= 0.6 is 0 Å². The van der Waals surface area contributed by atoms with Crippen LogP contribution < -0.4 is 24.4 Å². The van der Waals surface area contributed by atoms with Crippen LogP contribution in [-0.2, 0) is 19.1 Å². The molecule has 1 N–H and O–H groups in total. The first-order valence-corrected chi connectivity index (χ1v) is 12.6. The Morgan fingerprint density at radius 3 is 2.24 bits per heavy atom. The number of hydrogen-bond donors (Lipinski definition) is 1. The average Bonchev–Trinajstić information content (AvgIpc) is 3.38. The van der Waals surface area contributed by atoms with Crippen LogP contribution in [0.3, 0.4) is 0 Å². The van der Waals surface area contributed by atoms with Crippen LogP contribution in [0.4, 0.5) is 5.69 Å². The summed E-state index contributed by atoms with van der Waals surface area (Å²) in [4.78, 5) is 42.7. The molecular weight excluding hydrogens is 476 g/mol. The van der Waals surface area contributed by atoms with E-state index in [-0.39, 0.29) is 12.5 Å². The summed E-state index contributed by atoms with van der Waals surface area (Å²) < 4.78 is 22.0. The minimum atomic E-state index is -1.36. The molecule has 37 heavy (non-hydrogen) atoms. The van der Waals surface area contributed by atoms with Crippen LogP contribution in [0.15, 0.2) is 42.5 Å². The molecule has 9 heteroatoms. The zero-order valence-electron chi connectivity index (χ0n) is 21.9. The molecule has 2 fully saturated rings. The Labute approximate surface area is 217 Å². The zero-order chi connectivity index (χ0) is 26.7. The molecular formula is C28H34N2O7. The Hall–Kier alpha value is -3.59. The van der Waals surface area contributed by atoms with E-state index in [0.29, 0.717) is 47.9 Å². The largest absolute Gasteiger partial charge is 0.497 e. The Kier molecular flexibility index (Phi) is 7.73. The second kappa shape index (κ2) is 10.8. The minimum Gasteiger partial charge on any atom is -0.497 e. The third kappa shape index (κ3) is 4.41. The second-order valence-electron chi connectivity index (χ2n) is 9.11. The maximum atomic E-state index is 14.0. The van der Waals surface area contributed by atoms with Gasteiger partial charge in [-0.15, -0.1) is 0 Å². The Morgan fingerprint density at radius 2 is 1.65 bits per heavy atom. The van der Waals surface area contributed by atoms with Gasteiger partial charge in [0.15, 0.2) is 0 Å². The lowest BCUT2D eigenvalue weighted by Crippen LogP contribution is -2.56. The van der Waals surface area contributed by atoms with Gasteiger partial charge in [-0.05, 0) is 50.6 Å². The van der Waals surface area contributed by atoms with Crippen molar-refractivity contribution in [1.82, 2.24) is 5.32 Å². The Bertz CT molecular complexity index is 1170. The van der Waals surface area contributed by atoms with Gasteiger partial charge in [-0.3, -0.25) is 19.7 Å². The van der Waals surface area contributed by atoms with Gasteiger partial charge in [-0.25, -0.2) is 4.90 Å². The standard InChI is InChI=1S/C28H34N2O7/c1-6-15-28(27(33)37-8-3)23-22(24(29-28)20-14-13-19(34-4)16-21(20)35-5)25(31)30(26(23)32)17-9-11-18(12-10-17)36-7-2/h9-14,16,22-24,29H,6-8,15H2,1-5H3/t22-,23+,24-,28+/m0/s1. The summed E-state index contributed by atoms with van der Waals surface area (Å²) in [6.45, 7) is 6.20. The van der Waals surface area contributed by atoms with E-state index in [0.717, 1.165) is 0 Å². The first kappa shape index (κ1) is 26.5. The summed E-state index contributed by atoms with van der Waals surface area (Å²) in [6, 6.07) is 11.4. The monoisotopic (exact) mass is 510 g/mol. The summed E-state index contributed by atoms with van der Waals surface area (Å²) >= 11 is 0. The quantitative estimate of drug-likeness (QED) is 0.382. The SMILES string of the molecule is CCC[C@@]1(C(=O)OCC)N[C@@H](c2ccc(OC)cc2OC)[C@H]2C(=O)N(c3ccc(OCC)cc3)C(=O)[C@@H]21. The molecule has 0 saturated carbocycles. The third-order valence-corrected chi connectivity index (χ3v) is 7.12. The number of carbonyl (C=O) groups is 3. The molecule has 0 aliphatic carbocycles. The van der Waals surface area contributed by atoms with Crippen LogP contribution in [0.1, 0.15) is 45.2 Å². The Balaban J connectivity index is 1.85. The van der Waals surface area contributed by atoms with Gasteiger partial charge in [-0.1, -0.05) is 19.4 Å². The molecule has 2 amide bonds. The van der Waals surface area contributed by atoms with Crippen molar-refractivity contribution in [3.05, 3.63) is 48.0 Å². The number of hydrogen-bond acceptors (Lipinski definition) is 8. The number of amides is 2. The maximum Gasteiger partial charge on any atom is 0.327 e. The number of nitrogens with zero attached hydrogens (tertiary/aromatic N) is 1. The van der Waals surface area contributed by atoms with E-state index in [1.807, 2.05) is 13.8 Å². The van der Waals surface area contributed by atoms with Crippen LogP contribution in [0, 0.1) is 11.8 Å². The first-order valence-electron chi connectivity index (χ1n) is 12.6. The molecule has 9 nitrogen and oxygen atoms in total. The minimum absolute atomic E-state index is 0.157. The highest BCUT2D eigenvalue weighted by atomic mass is 16.5. The fourth-order valence-corrected chi connectivity index (χ4v) is 5.63. The highest BCUT2D eigenvalue weighted by Gasteiger charge is 2.68. The summed E-state index contributed by atoms with van der Waals surface area (Å²) in [5.41, 5.74) is -0.268. The first-order chi connectivity index (χ1) is 17.9. The lowest BCUT2D eigenvalue weighted by Gasteiger charge is -2.32.